The molecule has 2 N–H and O–H groups in total. The second-order valence-corrected chi connectivity index (χ2v) is 10.9. The number of rotatable bonds is 8. The molecule has 0 saturated carbocycles. The van der Waals surface area contributed by atoms with Gasteiger partial charge in [0.1, 0.15) is 11.4 Å². The van der Waals surface area contributed by atoms with E-state index in [4.69, 9.17) is 16.7 Å². The standard InChI is InChI=1S/C25H21ClN2O5S2/c1-16-20(26)9-5-10-21(16)28(35(32,33)23-15-34-22-11-3-2-8-19(22)23)14-24(29)27-13-17-6-4-7-18(12-17)25(30)31/h2-12,15H,13-14H2,1H3,(H,27,29)(H,30,31). The zero-order chi connectivity index (χ0) is 25.2. The Bertz CT molecular complexity index is 1530. The fraction of sp³-hybridized carbons (Fsp3) is 0.120. The summed E-state index contributed by atoms with van der Waals surface area (Å²) in [5.41, 5.74) is 1.50. The van der Waals surface area contributed by atoms with Gasteiger partial charge in [0.25, 0.3) is 10.0 Å². The number of carbonyl (C=O) groups is 2. The summed E-state index contributed by atoms with van der Waals surface area (Å²) in [5, 5.41) is 14.4. The van der Waals surface area contributed by atoms with Crippen molar-refractivity contribution in [2.45, 2.75) is 18.4 Å². The first-order valence-corrected chi connectivity index (χ1v) is 13.2. The van der Waals surface area contributed by atoms with Crippen LogP contribution in [0.3, 0.4) is 0 Å². The average Bonchev–Trinajstić information content (AvgIpc) is 3.28. The number of amides is 1. The van der Waals surface area contributed by atoms with Gasteiger partial charge in [0.2, 0.25) is 5.91 Å². The lowest BCUT2D eigenvalue weighted by atomic mass is 10.1. The molecule has 1 heterocycles. The van der Waals surface area contributed by atoms with Gasteiger partial charge < -0.3 is 10.4 Å². The van der Waals surface area contributed by atoms with Crippen LogP contribution in [0.25, 0.3) is 10.1 Å². The minimum absolute atomic E-state index is 0.0454. The molecule has 0 aliphatic heterocycles. The van der Waals surface area contributed by atoms with Gasteiger partial charge in [-0.2, -0.15) is 0 Å². The van der Waals surface area contributed by atoms with Gasteiger partial charge in [0, 0.05) is 27.0 Å². The largest absolute Gasteiger partial charge is 0.478 e. The van der Waals surface area contributed by atoms with E-state index >= 15 is 0 Å². The zero-order valence-electron chi connectivity index (χ0n) is 18.6. The third-order valence-corrected chi connectivity index (χ3v) is 8.79. The van der Waals surface area contributed by atoms with Crippen molar-refractivity contribution in [3.05, 3.63) is 93.8 Å². The number of nitrogens with one attached hydrogen (secondary N) is 1. The Morgan fingerprint density at radius 2 is 1.80 bits per heavy atom. The van der Waals surface area contributed by atoms with Crippen molar-refractivity contribution in [2.24, 2.45) is 0 Å². The Morgan fingerprint density at radius 1 is 1.06 bits per heavy atom. The molecule has 7 nitrogen and oxygen atoms in total. The van der Waals surface area contributed by atoms with Crippen LogP contribution in [0.4, 0.5) is 5.69 Å². The van der Waals surface area contributed by atoms with Crippen LogP contribution in [0.1, 0.15) is 21.5 Å². The second kappa shape index (κ2) is 10.1. The summed E-state index contributed by atoms with van der Waals surface area (Å²) in [7, 11) is -4.13. The molecule has 0 saturated heterocycles. The van der Waals surface area contributed by atoms with Crippen molar-refractivity contribution < 1.29 is 23.1 Å². The molecular formula is C25H21ClN2O5S2. The van der Waals surface area contributed by atoms with Crippen LogP contribution in [0.2, 0.25) is 5.02 Å². The van der Waals surface area contributed by atoms with Gasteiger partial charge >= 0.3 is 5.97 Å². The molecule has 0 unspecified atom stereocenters. The van der Waals surface area contributed by atoms with Crippen molar-refractivity contribution in [1.29, 1.82) is 0 Å². The second-order valence-electron chi connectivity index (χ2n) is 7.77. The molecule has 3 aromatic carbocycles. The Morgan fingerprint density at radius 3 is 2.57 bits per heavy atom. The number of thiophene rings is 1. The number of anilines is 1. The average molecular weight is 529 g/mol. The van der Waals surface area contributed by atoms with Gasteiger partial charge in [-0.05, 0) is 48.4 Å². The van der Waals surface area contributed by atoms with E-state index in [2.05, 4.69) is 5.32 Å². The van der Waals surface area contributed by atoms with Crippen molar-refractivity contribution in [2.75, 3.05) is 10.8 Å². The lowest BCUT2D eigenvalue weighted by Crippen LogP contribution is -2.41. The number of hydrogen-bond acceptors (Lipinski definition) is 5. The first kappa shape index (κ1) is 24.7. The summed E-state index contributed by atoms with van der Waals surface area (Å²) >= 11 is 7.59. The highest BCUT2D eigenvalue weighted by atomic mass is 35.5. The molecule has 1 aromatic heterocycles. The normalized spacial score (nSPS) is 11.4. The molecule has 1 amide bonds. The molecule has 0 bridgehead atoms. The zero-order valence-corrected chi connectivity index (χ0v) is 21.0. The number of benzene rings is 3. The summed E-state index contributed by atoms with van der Waals surface area (Å²) in [4.78, 5) is 24.2. The molecule has 0 fully saturated rings. The van der Waals surface area contributed by atoms with E-state index in [0.717, 1.165) is 9.01 Å². The topological polar surface area (TPSA) is 104 Å². The van der Waals surface area contributed by atoms with Crippen LogP contribution in [-0.2, 0) is 21.4 Å². The molecule has 10 heteroatoms. The molecule has 4 rings (SSSR count). The van der Waals surface area contributed by atoms with Crippen molar-refractivity contribution in [3.63, 3.8) is 0 Å². The van der Waals surface area contributed by atoms with E-state index in [0.29, 0.717) is 27.2 Å². The summed E-state index contributed by atoms with van der Waals surface area (Å²) in [6.07, 6.45) is 0. The van der Waals surface area contributed by atoms with Gasteiger partial charge in [0.05, 0.1) is 11.3 Å². The molecule has 0 aliphatic rings. The first-order chi connectivity index (χ1) is 16.7. The SMILES string of the molecule is Cc1c(Cl)cccc1N(CC(=O)NCc1cccc(C(=O)O)c1)S(=O)(=O)c1csc2ccccc12. The van der Waals surface area contributed by atoms with Crippen molar-refractivity contribution in [3.8, 4) is 0 Å². The lowest BCUT2D eigenvalue weighted by Gasteiger charge is -2.25. The molecule has 35 heavy (non-hydrogen) atoms. The van der Waals surface area contributed by atoms with Gasteiger partial charge in [-0.25, -0.2) is 13.2 Å². The third-order valence-electron chi connectivity index (χ3n) is 5.47. The van der Waals surface area contributed by atoms with E-state index in [1.54, 1.807) is 54.8 Å². The maximum atomic E-state index is 13.8. The van der Waals surface area contributed by atoms with E-state index < -0.39 is 28.4 Å². The lowest BCUT2D eigenvalue weighted by molar-refractivity contribution is -0.119. The fourth-order valence-corrected chi connectivity index (χ4v) is 6.76. The Balaban J connectivity index is 1.66. The van der Waals surface area contributed by atoms with Crippen LogP contribution < -0.4 is 9.62 Å². The highest BCUT2D eigenvalue weighted by Crippen LogP contribution is 2.35. The number of aromatic carboxylic acids is 1. The number of nitrogens with zero attached hydrogens (tertiary/aromatic N) is 1. The van der Waals surface area contributed by atoms with Crippen LogP contribution in [0.5, 0.6) is 0 Å². The fourth-order valence-electron chi connectivity index (χ4n) is 3.64. The minimum atomic E-state index is -4.13. The monoisotopic (exact) mass is 528 g/mol. The van der Waals surface area contributed by atoms with Gasteiger partial charge in [-0.3, -0.25) is 9.10 Å². The van der Waals surface area contributed by atoms with E-state index in [-0.39, 0.29) is 17.0 Å². The Hall–Kier alpha value is -3.40. The Kier molecular flexibility index (Phi) is 7.11. The predicted octanol–water partition coefficient (Wildman–Crippen LogP) is 5.07. The van der Waals surface area contributed by atoms with E-state index in [1.165, 1.54) is 23.5 Å². The maximum absolute atomic E-state index is 13.8. The Labute approximate surface area is 211 Å². The van der Waals surface area contributed by atoms with Crippen LogP contribution >= 0.6 is 22.9 Å². The van der Waals surface area contributed by atoms with Crippen molar-refractivity contribution >= 4 is 60.6 Å². The smallest absolute Gasteiger partial charge is 0.335 e. The minimum Gasteiger partial charge on any atom is -0.478 e. The summed E-state index contributed by atoms with van der Waals surface area (Å²) in [6.45, 7) is 1.26. The molecule has 180 valence electrons. The van der Waals surface area contributed by atoms with Gasteiger partial charge in [0.15, 0.2) is 0 Å². The van der Waals surface area contributed by atoms with Crippen molar-refractivity contribution in [1.82, 2.24) is 5.32 Å². The molecule has 0 aliphatic carbocycles. The number of carbonyl (C=O) groups excluding carboxylic acids is 1. The van der Waals surface area contributed by atoms with E-state index in [9.17, 15) is 18.0 Å². The number of carboxylic acid groups (broad SMARTS) is 1. The maximum Gasteiger partial charge on any atom is 0.335 e. The summed E-state index contributed by atoms with van der Waals surface area (Å²) < 4.78 is 29.6. The number of hydrogen-bond donors (Lipinski definition) is 2. The van der Waals surface area contributed by atoms with Gasteiger partial charge in [-0.1, -0.05) is 48.0 Å². The highest BCUT2D eigenvalue weighted by molar-refractivity contribution is 7.93. The van der Waals surface area contributed by atoms with Crippen LogP contribution in [0.15, 0.2) is 77.0 Å². The molecule has 0 spiro atoms. The van der Waals surface area contributed by atoms with Gasteiger partial charge in [-0.15, -0.1) is 11.3 Å². The number of sulfonamides is 1. The summed E-state index contributed by atoms with van der Waals surface area (Å²) in [5.74, 6) is -1.62. The summed E-state index contributed by atoms with van der Waals surface area (Å²) in [6, 6.07) is 18.2. The number of fused-ring (bicyclic) bond motifs is 1. The highest BCUT2D eigenvalue weighted by Gasteiger charge is 2.31. The number of halogens is 1. The molecule has 4 aromatic rings. The number of carboxylic acids is 1. The third kappa shape index (κ3) is 5.17. The molecule has 0 radical (unpaired) electrons. The molecule has 0 atom stereocenters. The predicted molar refractivity (Wildman–Crippen MR) is 138 cm³/mol. The van der Waals surface area contributed by atoms with Crippen LogP contribution in [-0.4, -0.2) is 31.9 Å². The quantitative estimate of drug-likeness (QED) is 0.332. The van der Waals surface area contributed by atoms with Crippen LogP contribution in [0, 0.1) is 6.92 Å². The molecular weight excluding hydrogens is 508 g/mol. The first-order valence-electron chi connectivity index (χ1n) is 10.5. The van der Waals surface area contributed by atoms with E-state index in [1.807, 2.05) is 12.1 Å².